The number of piperidine rings is 1. The van der Waals surface area contributed by atoms with E-state index in [0.29, 0.717) is 46.5 Å². The van der Waals surface area contributed by atoms with Crippen molar-refractivity contribution < 1.29 is 19.4 Å². The Bertz CT molecular complexity index is 2160. The van der Waals surface area contributed by atoms with E-state index in [1.165, 1.54) is 6.20 Å². The molecule has 4 atom stereocenters. The van der Waals surface area contributed by atoms with Gasteiger partial charge in [0.15, 0.2) is 5.82 Å². The van der Waals surface area contributed by atoms with Crippen LogP contribution in [0.2, 0.25) is 0 Å². The van der Waals surface area contributed by atoms with E-state index in [1.807, 2.05) is 47.7 Å². The lowest BCUT2D eigenvalue weighted by Crippen LogP contribution is -2.51. The number of ether oxygens (including phenoxy) is 1. The molecule has 1 aromatic carbocycles. The molecule has 0 radical (unpaired) electrons. The highest BCUT2D eigenvalue weighted by atomic mass is 16.5. The molecule has 8 rings (SSSR count). The van der Waals surface area contributed by atoms with E-state index in [1.54, 1.807) is 33.1 Å². The molecular formula is C39H46N8O4. The number of nitrogens with one attached hydrogen (secondary N) is 1. The van der Waals surface area contributed by atoms with Crippen LogP contribution in [0.4, 0.5) is 0 Å². The number of likely N-dealkylation sites (tertiary alicyclic amines) is 1. The molecule has 3 aliphatic rings. The topological polar surface area (TPSA) is 153 Å². The molecule has 1 saturated heterocycles. The Hall–Kier alpha value is -4.81. The Balaban J connectivity index is 1.12. The van der Waals surface area contributed by atoms with Crippen molar-refractivity contribution in [3.05, 3.63) is 71.2 Å². The summed E-state index contributed by atoms with van der Waals surface area (Å²) in [6.07, 6.45) is 6.86. The van der Waals surface area contributed by atoms with E-state index < -0.39 is 5.60 Å². The first-order valence-corrected chi connectivity index (χ1v) is 18.0. The van der Waals surface area contributed by atoms with Gasteiger partial charge in [0, 0.05) is 49.4 Å². The first-order chi connectivity index (χ1) is 24.4. The maximum atomic E-state index is 13.9. The highest BCUT2D eigenvalue weighted by Crippen LogP contribution is 2.40. The van der Waals surface area contributed by atoms with E-state index in [4.69, 9.17) is 20.4 Å². The zero-order chi connectivity index (χ0) is 35.8. The molecule has 1 aliphatic heterocycles. The van der Waals surface area contributed by atoms with Gasteiger partial charge in [-0.1, -0.05) is 0 Å². The minimum atomic E-state index is -1.09. The van der Waals surface area contributed by atoms with Crippen molar-refractivity contribution in [1.82, 2.24) is 34.3 Å². The van der Waals surface area contributed by atoms with Crippen LogP contribution in [0, 0.1) is 11.8 Å². The predicted molar refractivity (Wildman–Crippen MR) is 194 cm³/mol. The second kappa shape index (κ2) is 12.4. The molecule has 51 heavy (non-hydrogen) atoms. The molecule has 266 valence electrons. The first kappa shape index (κ1) is 33.3. The van der Waals surface area contributed by atoms with Gasteiger partial charge in [-0.2, -0.15) is 0 Å². The van der Waals surface area contributed by atoms with Gasteiger partial charge in [-0.15, -0.1) is 0 Å². The molecule has 0 unspecified atom stereocenters. The van der Waals surface area contributed by atoms with Crippen molar-refractivity contribution in [2.75, 3.05) is 13.7 Å². The number of nitrogens with two attached hydrogens (primary N) is 1. The van der Waals surface area contributed by atoms with E-state index in [-0.39, 0.29) is 29.9 Å². The van der Waals surface area contributed by atoms with Gasteiger partial charge in [0.1, 0.15) is 22.5 Å². The molecule has 4 aromatic heterocycles. The standard InChI is InChI=1S/C39H46N8O4/c1-21(42-37(48)25-10-13-33(41-18-25)39(2,3)50)29-12-9-24-16-31(47(35(24)43-29)19-22-6-7-22)36-44-30-15-26(17-32(51-5)34(30)45(36)4)38(49)46-20-28(40)23-8-11-27(46)14-23/h9-10,12-13,15-18,21-23,27-28,50H,6-8,11,14,19-20,40H2,1-5H3,(H,42,48)/t21-,23+,27-,28+/m1/s1. The SMILES string of the molecule is COc1cc(C(=O)N2C[C@H](N)[C@H]3CC[C@@H]2C3)cc2nc(-c3cc4ccc([C@@H](C)NC(=O)c5ccc(C(C)(C)O)nc5)nc4n3CC3CC3)n(C)c12. The lowest BCUT2D eigenvalue weighted by molar-refractivity contribution is 0.0603. The first-order valence-electron chi connectivity index (χ1n) is 18.0. The van der Waals surface area contributed by atoms with E-state index >= 15 is 0 Å². The van der Waals surface area contributed by atoms with E-state index in [0.717, 1.165) is 72.4 Å². The van der Waals surface area contributed by atoms with Crippen molar-refractivity contribution in [3.8, 4) is 17.3 Å². The summed E-state index contributed by atoms with van der Waals surface area (Å²) in [5.41, 5.74) is 10.8. The Kier molecular flexibility index (Phi) is 8.14. The van der Waals surface area contributed by atoms with Gasteiger partial charge >= 0.3 is 0 Å². The zero-order valence-electron chi connectivity index (χ0n) is 29.9. The van der Waals surface area contributed by atoms with Gasteiger partial charge < -0.3 is 34.9 Å². The highest BCUT2D eigenvalue weighted by Gasteiger charge is 2.41. The van der Waals surface area contributed by atoms with Crippen molar-refractivity contribution in [2.24, 2.45) is 24.6 Å². The number of carbonyl (C=O) groups excluding carboxylic acids is 2. The Labute approximate surface area is 297 Å². The third kappa shape index (κ3) is 6.03. The van der Waals surface area contributed by atoms with Crippen molar-refractivity contribution in [2.45, 2.75) is 83.1 Å². The molecule has 2 saturated carbocycles. The number of rotatable bonds is 9. The molecule has 2 bridgehead atoms. The van der Waals surface area contributed by atoms with Gasteiger partial charge in [0.05, 0.1) is 41.3 Å². The summed E-state index contributed by atoms with van der Waals surface area (Å²) >= 11 is 0. The molecule has 12 heteroatoms. The van der Waals surface area contributed by atoms with E-state index in [2.05, 4.69) is 20.9 Å². The molecule has 2 amide bonds. The number of amides is 2. The summed E-state index contributed by atoms with van der Waals surface area (Å²) < 4.78 is 10.2. The molecule has 12 nitrogen and oxygen atoms in total. The van der Waals surface area contributed by atoms with Gasteiger partial charge in [-0.25, -0.2) is 9.97 Å². The fraction of sp³-hybridized carbons (Fsp3) is 0.462. The number of aromatic nitrogens is 5. The number of fused-ring (bicyclic) bond motifs is 4. The van der Waals surface area contributed by atoms with Crippen molar-refractivity contribution >= 4 is 33.9 Å². The predicted octanol–water partition coefficient (Wildman–Crippen LogP) is 5.07. The van der Waals surface area contributed by atoms with Crippen LogP contribution in [0.3, 0.4) is 0 Å². The summed E-state index contributed by atoms with van der Waals surface area (Å²) in [7, 11) is 3.61. The maximum Gasteiger partial charge on any atom is 0.254 e. The Morgan fingerprint density at radius 2 is 1.88 bits per heavy atom. The molecule has 0 spiro atoms. The summed E-state index contributed by atoms with van der Waals surface area (Å²) in [5, 5.41) is 14.3. The molecule has 4 N–H and O–H groups in total. The number of methoxy groups -OCH3 is 1. The van der Waals surface area contributed by atoms with Crippen LogP contribution in [0.25, 0.3) is 33.6 Å². The fourth-order valence-corrected chi connectivity index (χ4v) is 7.98. The minimum absolute atomic E-state index is 0.0106. The number of hydrogen-bond donors (Lipinski definition) is 3. The lowest BCUT2D eigenvalue weighted by Gasteiger charge is -2.37. The van der Waals surface area contributed by atoms with Crippen molar-refractivity contribution in [1.29, 1.82) is 0 Å². The molecule has 3 fully saturated rings. The molecule has 2 aliphatic carbocycles. The Morgan fingerprint density at radius 1 is 1.08 bits per heavy atom. The van der Waals surface area contributed by atoms with E-state index in [9.17, 15) is 14.7 Å². The van der Waals surface area contributed by atoms with Crippen LogP contribution in [-0.2, 0) is 19.2 Å². The molecule has 5 heterocycles. The molecular weight excluding hydrogens is 644 g/mol. The number of imidazole rings is 1. The normalized spacial score (nSPS) is 21.0. The van der Waals surface area contributed by atoms with Crippen LogP contribution in [-0.4, -0.2) is 71.6 Å². The monoisotopic (exact) mass is 690 g/mol. The third-order valence-corrected chi connectivity index (χ3v) is 11.1. The zero-order valence-corrected chi connectivity index (χ0v) is 29.9. The van der Waals surface area contributed by atoms with Gasteiger partial charge in [-0.3, -0.25) is 14.6 Å². The number of aliphatic hydroxyl groups is 1. The van der Waals surface area contributed by atoms with Crippen LogP contribution < -0.4 is 15.8 Å². The Morgan fingerprint density at radius 3 is 2.59 bits per heavy atom. The minimum Gasteiger partial charge on any atom is -0.494 e. The maximum absolute atomic E-state index is 13.9. The van der Waals surface area contributed by atoms with Crippen LogP contribution >= 0.6 is 0 Å². The summed E-state index contributed by atoms with van der Waals surface area (Å²) in [6.45, 7) is 6.61. The number of pyridine rings is 2. The highest BCUT2D eigenvalue weighted by molar-refractivity contribution is 6.00. The van der Waals surface area contributed by atoms with Gasteiger partial charge in [0.2, 0.25) is 0 Å². The van der Waals surface area contributed by atoms with Gasteiger partial charge in [-0.05, 0) is 107 Å². The summed E-state index contributed by atoms with van der Waals surface area (Å²) in [5.74, 6) is 2.13. The quantitative estimate of drug-likeness (QED) is 0.194. The third-order valence-electron chi connectivity index (χ3n) is 11.1. The number of benzene rings is 1. The van der Waals surface area contributed by atoms with Crippen LogP contribution in [0.5, 0.6) is 5.75 Å². The number of aryl methyl sites for hydroxylation is 1. The lowest BCUT2D eigenvalue weighted by atomic mass is 9.94. The number of carbonyl (C=O) groups is 2. The smallest absolute Gasteiger partial charge is 0.254 e. The number of nitrogens with zero attached hydrogens (tertiary/aromatic N) is 6. The number of hydrogen-bond acceptors (Lipinski definition) is 8. The average molecular weight is 691 g/mol. The molecule has 5 aromatic rings. The van der Waals surface area contributed by atoms with Crippen molar-refractivity contribution in [3.63, 3.8) is 0 Å². The summed E-state index contributed by atoms with van der Waals surface area (Å²) in [6, 6.07) is 13.1. The second-order valence-electron chi connectivity index (χ2n) is 15.3. The summed E-state index contributed by atoms with van der Waals surface area (Å²) in [4.78, 5) is 43.5. The van der Waals surface area contributed by atoms with Crippen LogP contribution in [0.1, 0.15) is 91.0 Å². The van der Waals surface area contributed by atoms with Crippen LogP contribution in [0.15, 0.2) is 48.7 Å². The second-order valence-corrected chi connectivity index (χ2v) is 15.3. The average Bonchev–Trinajstić information content (AvgIpc) is 3.58. The largest absolute Gasteiger partial charge is 0.494 e. The van der Waals surface area contributed by atoms with Gasteiger partial charge in [0.25, 0.3) is 11.8 Å². The fourth-order valence-electron chi connectivity index (χ4n) is 7.98.